The predicted molar refractivity (Wildman–Crippen MR) is 101 cm³/mol. The van der Waals surface area contributed by atoms with Gasteiger partial charge in [0.25, 0.3) is 0 Å². The van der Waals surface area contributed by atoms with Crippen LogP contribution < -0.4 is 0 Å². The molecule has 0 saturated carbocycles. The minimum absolute atomic E-state index is 0.0874. The zero-order valence-electron chi connectivity index (χ0n) is 15.8. The Morgan fingerprint density at radius 2 is 1.81 bits per heavy atom. The summed E-state index contributed by atoms with van der Waals surface area (Å²) in [5.74, 6) is 0.316. The summed E-state index contributed by atoms with van der Waals surface area (Å²) >= 11 is 1.62. The van der Waals surface area contributed by atoms with E-state index in [0.29, 0.717) is 39.1 Å². The number of carbonyl (C=O) groups excluding carboxylic acids is 1. The molecule has 1 amide bonds. The molecule has 0 aliphatic carbocycles. The van der Waals surface area contributed by atoms with Crippen molar-refractivity contribution in [3.8, 4) is 0 Å². The molecule has 8 heteroatoms. The van der Waals surface area contributed by atoms with Crippen molar-refractivity contribution in [1.29, 1.82) is 0 Å². The second-order valence-corrected chi connectivity index (χ2v) is 8.70. The van der Waals surface area contributed by atoms with E-state index in [4.69, 9.17) is 14.5 Å². The molecule has 0 radical (unpaired) electrons. The maximum Gasteiger partial charge on any atom is 0.225 e. The van der Waals surface area contributed by atoms with Crippen LogP contribution in [-0.2, 0) is 26.4 Å². The van der Waals surface area contributed by atoms with Crippen LogP contribution in [0.3, 0.4) is 0 Å². The van der Waals surface area contributed by atoms with E-state index in [-0.39, 0.29) is 11.8 Å². The molecule has 0 aromatic carbocycles. The molecule has 1 N–H and O–H groups in total. The standard InChI is InChI=1S/C19H29N3O4S/c23-18(15-1-9-25-10-2-15)22-5-3-19(24,4-6-22)16-14-27-17(20-16)13-21-7-11-26-12-8-21/h14-15,24H,1-13H2. The van der Waals surface area contributed by atoms with Crippen molar-refractivity contribution >= 4 is 17.2 Å². The Hall–Kier alpha value is -1.06. The summed E-state index contributed by atoms with van der Waals surface area (Å²) in [5, 5.41) is 14.2. The molecule has 1 aromatic heterocycles. The molecule has 3 aliphatic rings. The molecule has 1 aromatic rings. The van der Waals surface area contributed by atoms with E-state index in [1.807, 2.05) is 10.3 Å². The van der Waals surface area contributed by atoms with Crippen molar-refractivity contribution in [2.24, 2.45) is 5.92 Å². The number of morpholine rings is 1. The summed E-state index contributed by atoms with van der Waals surface area (Å²) in [6.07, 6.45) is 2.75. The van der Waals surface area contributed by atoms with Crippen LogP contribution in [0.25, 0.3) is 0 Å². The Morgan fingerprint density at radius 1 is 1.15 bits per heavy atom. The number of aromatic nitrogens is 1. The fourth-order valence-corrected chi connectivity index (χ4v) is 5.03. The lowest BCUT2D eigenvalue weighted by Crippen LogP contribution is -2.48. The first-order chi connectivity index (χ1) is 13.1. The fraction of sp³-hybridized carbons (Fsp3) is 0.789. The quantitative estimate of drug-likeness (QED) is 0.826. The molecule has 0 unspecified atom stereocenters. The van der Waals surface area contributed by atoms with Gasteiger partial charge in [0, 0.05) is 50.7 Å². The molecule has 4 rings (SSSR count). The first kappa shape index (κ1) is 19.3. The molecule has 0 spiro atoms. The van der Waals surface area contributed by atoms with Crippen LogP contribution in [0.5, 0.6) is 0 Å². The number of thiazole rings is 1. The second-order valence-electron chi connectivity index (χ2n) is 7.76. The van der Waals surface area contributed by atoms with Crippen molar-refractivity contribution in [3.05, 3.63) is 16.1 Å². The van der Waals surface area contributed by atoms with Gasteiger partial charge in [-0.05, 0) is 25.7 Å². The van der Waals surface area contributed by atoms with Crippen LogP contribution in [0.4, 0.5) is 0 Å². The monoisotopic (exact) mass is 395 g/mol. The summed E-state index contributed by atoms with van der Waals surface area (Å²) in [6, 6.07) is 0. The zero-order valence-corrected chi connectivity index (χ0v) is 16.6. The first-order valence-corrected chi connectivity index (χ1v) is 10.9. The van der Waals surface area contributed by atoms with Crippen LogP contribution in [0.15, 0.2) is 5.38 Å². The van der Waals surface area contributed by atoms with E-state index < -0.39 is 5.60 Å². The van der Waals surface area contributed by atoms with Gasteiger partial charge in [-0.1, -0.05) is 0 Å². The molecule has 0 atom stereocenters. The number of hydrogen-bond donors (Lipinski definition) is 1. The van der Waals surface area contributed by atoms with Crippen molar-refractivity contribution in [2.75, 3.05) is 52.6 Å². The minimum atomic E-state index is -0.911. The Morgan fingerprint density at radius 3 is 2.52 bits per heavy atom. The van der Waals surface area contributed by atoms with Crippen LogP contribution in [0.2, 0.25) is 0 Å². The van der Waals surface area contributed by atoms with E-state index >= 15 is 0 Å². The molecule has 27 heavy (non-hydrogen) atoms. The predicted octanol–water partition coefficient (Wildman–Crippen LogP) is 1.21. The van der Waals surface area contributed by atoms with Gasteiger partial charge in [-0.15, -0.1) is 11.3 Å². The minimum Gasteiger partial charge on any atom is -0.383 e. The lowest BCUT2D eigenvalue weighted by molar-refractivity contribution is -0.143. The SMILES string of the molecule is O=C(C1CCOCC1)N1CCC(O)(c2csc(CN3CCOCC3)n2)CC1. The van der Waals surface area contributed by atoms with Gasteiger partial charge in [0.15, 0.2) is 0 Å². The van der Waals surface area contributed by atoms with Crippen LogP contribution in [0.1, 0.15) is 36.4 Å². The number of aliphatic hydroxyl groups is 1. The van der Waals surface area contributed by atoms with E-state index in [1.165, 1.54) is 0 Å². The summed E-state index contributed by atoms with van der Waals surface area (Å²) in [4.78, 5) is 21.7. The van der Waals surface area contributed by atoms with E-state index in [9.17, 15) is 9.90 Å². The van der Waals surface area contributed by atoms with Crippen LogP contribution in [-0.4, -0.2) is 78.4 Å². The van der Waals surface area contributed by atoms with Gasteiger partial charge >= 0.3 is 0 Å². The highest BCUT2D eigenvalue weighted by atomic mass is 32.1. The van der Waals surface area contributed by atoms with Gasteiger partial charge < -0.3 is 19.5 Å². The summed E-state index contributed by atoms with van der Waals surface area (Å²) < 4.78 is 10.7. The van der Waals surface area contributed by atoms with Gasteiger partial charge in [0.1, 0.15) is 10.6 Å². The van der Waals surface area contributed by atoms with Crippen molar-refractivity contribution in [3.63, 3.8) is 0 Å². The maximum atomic E-state index is 12.7. The maximum absolute atomic E-state index is 12.7. The lowest BCUT2D eigenvalue weighted by atomic mass is 9.87. The number of ether oxygens (including phenoxy) is 2. The largest absolute Gasteiger partial charge is 0.383 e. The third-order valence-electron chi connectivity index (χ3n) is 5.96. The van der Waals surface area contributed by atoms with Gasteiger partial charge in [0.2, 0.25) is 5.91 Å². The molecule has 3 fully saturated rings. The third kappa shape index (κ3) is 4.51. The molecule has 0 bridgehead atoms. The molecule has 4 heterocycles. The van der Waals surface area contributed by atoms with E-state index in [1.54, 1.807) is 11.3 Å². The topological polar surface area (TPSA) is 75.1 Å². The number of piperidine rings is 1. The lowest BCUT2D eigenvalue weighted by Gasteiger charge is -2.39. The first-order valence-electron chi connectivity index (χ1n) is 9.98. The van der Waals surface area contributed by atoms with Crippen LogP contribution in [0, 0.1) is 5.92 Å². The Bertz CT molecular complexity index is 633. The average Bonchev–Trinajstić information content (AvgIpc) is 3.19. The normalized spacial score (nSPS) is 24.9. The van der Waals surface area contributed by atoms with Crippen molar-refractivity contribution in [2.45, 2.75) is 37.8 Å². The number of amides is 1. The summed E-state index contributed by atoms with van der Waals surface area (Å²) in [5.41, 5.74) is -0.138. The number of rotatable bonds is 4. The molecular formula is C19H29N3O4S. The average molecular weight is 396 g/mol. The Balaban J connectivity index is 1.32. The van der Waals surface area contributed by atoms with Gasteiger partial charge in [-0.3, -0.25) is 9.69 Å². The smallest absolute Gasteiger partial charge is 0.225 e. The number of carbonyl (C=O) groups is 1. The molecule has 7 nitrogen and oxygen atoms in total. The summed E-state index contributed by atoms with van der Waals surface area (Å²) in [6.45, 7) is 6.80. The van der Waals surface area contributed by atoms with E-state index in [0.717, 1.165) is 56.4 Å². The number of nitrogens with zero attached hydrogens (tertiary/aromatic N) is 3. The highest BCUT2D eigenvalue weighted by Gasteiger charge is 2.38. The second kappa shape index (κ2) is 8.53. The Kier molecular flexibility index (Phi) is 6.08. The van der Waals surface area contributed by atoms with E-state index in [2.05, 4.69) is 4.90 Å². The zero-order chi connectivity index (χ0) is 18.7. The number of hydrogen-bond acceptors (Lipinski definition) is 7. The van der Waals surface area contributed by atoms with Gasteiger partial charge in [-0.2, -0.15) is 0 Å². The molecule has 150 valence electrons. The van der Waals surface area contributed by atoms with Crippen molar-refractivity contribution < 1.29 is 19.4 Å². The third-order valence-corrected chi connectivity index (χ3v) is 6.80. The summed E-state index contributed by atoms with van der Waals surface area (Å²) in [7, 11) is 0. The van der Waals surface area contributed by atoms with Crippen molar-refractivity contribution in [1.82, 2.24) is 14.8 Å². The molecule has 3 saturated heterocycles. The molecular weight excluding hydrogens is 366 g/mol. The van der Waals surface area contributed by atoms with Gasteiger partial charge in [0.05, 0.1) is 25.5 Å². The Labute approximate surface area is 164 Å². The highest BCUT2D eigenvalue weighted by molar-refractivity contribution is 7.09. The molecule has 3 aliphatic heterocycles. The number of likely N-dealkylation sites (tertiary alicyclic amines) is 1. The fourth-order valence-electron chi connectivity index (χ4n) is 4.10. The van der Waals surface area contributed by atoms with Gasteiger partial charge in [-0.25, -0.2) is 4.98 Å². The van der Waals surface area contributed by atoms with Crippen LogP contribution >= 0.6 is 11.3 Å². The highest BCUT2D eigenvalue weighted by Crippen LogP contribution is 2.34.